The molecule has 1 unspecified atom stereocenters. The van der Waals surface area contributed by atoms with Gasteiger partial charge in [0.25, 0.3) is 5.56 Å². The molecule has 1 aliphatic heterocycles. The van der Waals surface area contributed by atoms with Crippen LogP contribution in [0.4, 0.5) is 0 Å². The average Bonchev–Trinajstić information content (AvgIpc) is 3.17. The third-order valence-electron chi connectivity index (χ3n) is 5.64. The highest BCUT2D eigenvalue weighted by molar-refractivity contribution is 7.07. The largest absolute Gasteiger partial charge is 0.494 e. The monoisotopic (exact) mass is 494 g/mol. The van der Waals surface area contributed by atoms with E-state index in [1.54, 1.807) is 43.9 Å². The van der Waals surface area contributed by atoms with Gasteiger partial charge in [-0.05, 0) is 55.3 Å². The number of thiazole rings is 1. The van der Waals surface area contributed by atoms with Crippen molar-refractivity contribution in [1.29, 1.82) is 0 Å². The number of carbonyl (C=O) groups is 1. The first-order valence-electron chi connectivity index (χ1n) is 11.0. The molecule has 0 amide bonds. The minimum Gasteiger partial charge on any atom is -0.494 e. The Labute approximate surface area is 206 Å². The van der Waals surface area contributed by atoms with E-state index >= 15 is 0 Å². The molecule has 2 aromatic carbocycles. The topological polar surface area (TPSA) is 88.4 Å². The number of allylic oxidation sites excluding steroid dienone is 1. The average molecular weight is 495 g/mol. The Kier molecular flexibility index (Phi) is 7.07. The molecule has 35 heavy (non-hydrogen) atoms. The van der Waals surface area contributed by atoms with Crippen molar-refractivity contribution in [2.75, 3.05) is 27.9 Å². The molecule has 0 aliphatic carbocycles. The molecule has 1 atom stereocenters. The van der Waals surface area contributed by atoms with Crippen molar-refractivity contribution in [3.05, 3.63) is 84.5 Å². The van der Waals surface area contributed by atoms with E-state index in [1.807, 2.05) is 37.3 Å². The fourth-order valence-electron chi connectivity index (χ4n) is 4.02. The highest BCUT2D eigenvalue weighted by atomic mass is 32.1. The van der Waals surface area contributed by atoms with E-state index in [0.717, 1.165) is 11.1 Å². The molecule has 0 N–H and O–H groups in total. The second kappa shape index (κ2) is 10.2. The van der Waals surface area contributed by atoms with Crippen LogP contribution in [0.3, 0.4) is 0 Å². The van der Waals surface area contributed by atoms with Gasteiger partial charge in [0.2, 0.25) is 0 Å². The lowest BCUT2D eigenvalue weighted by molar-refractivity contribution is -0.136. The summed E-state index contributed by atoms with van der Waals surface area (Å²) in [5.74, 6) is 1.34. The standard InChI is InChI=1S/C26H26N2O6S/c1-6-34-18-10-8-17(9-11-18)23-22(25(30)33-5)15(2)27-26-28(23)24(29)21(35-26)14-16-7-12-19(31-3)20(13-16)32-4/h7-14,23H,6H2,1-5H3. The highest BCUT2D eigenvalue weighted by Gasteiger charge is 2.33. The lowest BCUT2D eigenvalue weighted by atomic mass is 9.96. The number of hydrogen-bond donors (Lipinski definition) is 0. The van der Waals surface area contributed by atoms with E-state index in [4.69, 9.17) is 18.9 Å². The number of benzene rings is 2. The summed E-state index contributed by atoms with van der Waals surface area (Å²) >= 11 is 1.26. The van der Waals surface area contributed by atoms with Crippen LogP contribution >= 0.6 is 11.3 Å². The Hall–Kier alpha value is -3.85. The van der Waals surface area contributed by atoms with Crippen LogP contribution in [0.5, 0.6) is 17.2 Å². The van der Waals surface area contributed by atoms with Gasteiger partial charge in [0.15, 0.2) is 16.3 Å². The van der Waals surface area contributed by atoms with Gasteiger partial charge in [-0.1, -0.05) is 29.5 Å². The molecule has 182 valence electrons. The van der Waals surface area contributed by atoms with Crippen molar-refractivity contribution < 1.29 is 23.7 Å². The molecular weight excluding hydrogens is 468 g/mol. The van der Waals surface area contributed by atoms with Crippen LogP contribution in [0, 0.1) is 0 Å². The number of fused-ring (bicyclic) bond motifs is 1. The maximum atomic E-state index is 13.6. The maximum absolute atomic E-state index is 13.6. The predicted octanol–water partition coefficient (Wildman–Crippen LogP) is 2.82. The van der Waals surface area contributed by atoms with Gasteiger partial charge in [-0.2, -0.15) is 0 Å². The third kappa shape index (κ3) is 4.59. The van der Waals surface area contributed by atoms with E-state index in [2.05, 4.69) is 4.99 Å². The molecule has 8 nitrogen and oxygen atoms in total. The number of rotatable bonds is 7. The number of aromatic nitrogens is 1. The molecule has 1 aromatic heterocycles. The molecule has 0 saturated carbocycles. The first-order chi connectivity index (χ1) is 16.9. The molecule has 2 heterocycles. The van der Waals surface area contributed by atoms with E-state index in [-0.39, 0.29) is 5.56 Å². The lowest BCUT2D eigenvalue weighted by Crippen LogP contribution is -2.39. The van der Waals surface area contributed by atoms with Crippen LogP contribution in [0.25, 0.3) is 6.08 Å². The van der Waals surface area contributed by atoms with Gasteiger partial charge in [-0.25, -0.2) is 9.79 Å². The Balaban J connectivity index is 1.90. The fraction of sp³-hybridized carbons (Fsp3) is 0.269. The quantitative estimate of drug-likeness (QED) is 0.470. The Morgan fingerprint density at radius 2 is 1.80 bits per heavy atom. The molecular formula is C26H26N2O6S. The summed E-state index contributed by atoms with van der Waals surface area (Å²) in [4.78, 5) is 31.5. The van der Waals surface area contributed by atoms with Crippen LogP contribution in [0.2, 0.25) is 0 Å². The highest BCUT2D eigenvalue weighted by Crippen LogP contribution is 2.32. The minimum absolute atomic E-state index is 0.253. The molecule has 0 radical (unpaired) electrons. The second-order valence-electron chi connectivity index (χ2n) is 7.69. The van der Waals surface area contributed by atoms with Crippen molar-refractivity contribution in [3.8, 4) is 17.2 Å². The number of esters is 1. The summed E-state index contributed by atoms with van der Waals surface area (Å²) in [7, 11) is 4.45. The summed E-state index contributed by atoms with van der Waals surface area (Å²) in [5, 5.41) is 0. The van der Waals surface area contributed by atoms with E-state index in [9.17, 15) is 9.59 Å². The van der Waals surface area contributed by atoms with Crippen molar-refractivity contribution in [3.63, 3.8) is 0 Å². The number of ether oxygens (including phenoxy) is 4. The molecule has 3 aromatic rings. The minimum atomic E-state index is -0.679. The SMILES string of the molecule is CCOc1ccc(C2C(C(=O)OC)=C(C)N=c3sc(=Cc4ccc(OC)c(OC)c4)c(=O)n32)cc1. The number of methoxy groups -OCH3 is 3. The predicted molar refractivity (Wildman–Crippen MR) is 133 cm³/mol. The zero-order chi connectivity index (χ0) is 25.1. The Bertz CT molecular complexity index is 1470. The second-order valence-corrected chi connectivity index (χ2v) is 8.70. The fourth-order valence-corrected chi connectivity index (χ4v) is 5.06. The van der Waals surface area contributed by atoms with Crippen LogP contribution < -0.4 is 29.1 Å². The van der Waals surface area contributed by atoms with Crippen molar-refractivity contribution >= 4 is 23.4 Å². The van der Waals surface area contributed by atoms with Crippen LogP contribution in [0.15, 0.2) is 63.5 Å². The van der Waals surface area contributed by atoms with Crippen LogP contribution in [0.1, 0.15) is 31.0 Å². The van der Waals surface area contributed by atoms with Gasteiger partial charge in [0, 0.05) is 0 Å². The summed E-state index contributed by atoms with van der Waals surface area (Å²) in [6.07, 6.45) is 1.78. The normalized spacial score (nSPS) is 15.3. The number of carbonyl (C=O) groups excluding carboxylic acids is 1. The lowest BCUT2D eigenvalue weighted by Gasteiger charge is -2.24. The van der Waals surface area contributed by atoms with Gasteiger partial charge in [0.05, 0.1) is 49.8 Å². The van der Waals surface area contributed by atoms with Crippen molar-refractivity contribution in [2.45, 2.75) is 19.9 Å². The molecule has 9 heteroatoms. The van der Waals surface area contributed by atoms with Gasteiger partial charge in [-0.3, -0.25) is 9.36 Å². The molecule has 1 aliphatic rings. The number of nitrogens with zero attached hydrogens (tertiary/aromatic N) is 2. The van der Waals surface area contributed by atoms with Crippen LogP contribution in [-0.2, 0) is 9.53 Å². The first kappa shape index (κ1) is 24.3. The Morgan fingerprint density at radius 3 is 2.43 bits per heavy atom. The molecule has 0 saturated heterocycles. The molecule has 4 rings (SSSR count). The zero-order valence-electron chi connectivity index (χ0n) is 20.2. The molecule has 0 fully saturated rings. The smallest absolute Gasteiger partial charge is 0.338 e. The molecule has 0 bridgehead atoms. The van der Waals surface area contributed by atoms with Crippen LogP contribution in [-0.4, -0.2) is 38.5 Å². The van der Waals surface area contributed by atoms with E-state index in [1.165, 1.54) is 18.4 Å². The zero-order valence-corrected chi connectivity index (χ0v) is 21.0. The van der Waals surface area contributed by atoms with E-state index < -0.39 is 12.0 Å². The third-order valence-corrected chi connectivity index (χ3v) is 6.62. The van der Waals surface area contributed by atoms with Gasteiger partial charge in [-0.15, -0.1) is 0 Å². The Morgan fingerprint density at radius 1 is 1.09 bits per heavy atom. The van der Waals surface area contributed by atoms with Gasteiger partial charge in [0.1, 0.15) is 5.75 Å². The van der Waals surface area contributed by atoms with Crippen molar-refractivity contribution in [1.82, 2.24) is 4.57 Å². The maximum Gasteiger partial charge on any atom is 0.338 e. The van der Waals surface area contributed by atoms with Gasteiger partial charge < -0.3 is 18.9 Å². The summed E-state index contributed by atoms with van der Waals surface area (Å²) < 4.78 is 23.3. The first-order valence-corrected chi connectivity index (χ1v) is 11.8. The number of hydrogen-bond acceptors (Lipinski definition) is 8. The summed E-state index contributed by atoms with van der Waals surface area (Å²) in [5.41, 5.74) is 2.10. The molecule has 0 spiro atoms. The summed E-state index contributed by atoms with van der Waals surface area (Å²) in [6, 6.07) is 12.1. The van der Waals surface area contributed by atoms with E-state index in [0.29, 0.717) is 44.5 Å². The summed E-state index contributed by atoms with van der Waals surface area (Å²) in [6.45, 7) is 4.20. The van der Waals surface area contributed by atoms with Crippen molar-refractivity contribution in [2.24, 2.45) is 4.99 Å². The van der Waals surface area contributed by atoms with Gasteiger partial charge >= 0.3 is 5.97 Å².